The molecule has 0 radical (unpaired) electrons. The molecule has 0 bridgehead atoms. The van der Waals surface area contributed by atoms with Crippen LogP contribution in [0.1, 0.15) is 38.5 Å². The monoisotopic (exact) mass is 418 g/mol. The van der Waals surface area contributed by atoms with Crippen molar-refractivity contribution in [3.63, 3.8) is 0 Å². The minimum absolute atomic E-state index is 0.0243. The highest BCUT2D eigenvalue weighted by Gasteiger charge is 2.24. The lowest BCUT2D eigenvalue weighted by Crippen LogP contribution is -2.37. The van der Waals surface area contributed by atoms with Crippen molar-refractivity contribution < 1.29 is 14.3 Å². The zero-order valence-corrected chi connectivity index (χ0v) is 18.1. The number of fused-ring (bicyclic) bond motifs is 1. The number of carbonyl (C=O) groups excluding carboxylic acids is 2. The highest BCUT2D eigenvalue weighted by molar-refractivity contribution is 5.97. The Morgan fingerprint density at radius 1 is 0.774 bits per heavy atom. The number of rotatable bonds is 3. The van der Waals surface area contributed by atoms with Crippen LogP contribution < -0.4 is 4.74 Å². The van der Waals surface area contributed by atoms with E-state index in [9.17, 15) is 9.59 Å². The van der Waals surface area contributed by atoms with Gasteiger partial charge in [0.25, 0.3) is 11.8 Å². The molecule has 1 aliphatic heterocycles. The van der Waals surface area contributed by atoms with Gasteiger partial charge in [-0.15, -0.1) is 0 Å². The molecule has 0 saturated carbocycles. The fourth-order valence-corrected chi connectivity index (χ4v) is 3.79. The van der Waals surface area contributed by atoms with Gasteiger partial charge in [-0.2, -0.15) is 0 Å². The summed E-state index contributed by atoms with van der Waals surface area (Å²) in [6.45, 7) is 6.08. The van der Waals surface area contributed by atoms with E-state index < -0.39 is 0 Å². The van der Waals surface area contributed by atoms with E-state index in [4.69, 9.17) is 4.74 Å². The predicted molar refractivity (Wildman–Crippen MR) is 118 cm³/mol. The van der Waals surface area contributed by atoms with Crippen LogP contribution in [0.4, 0.5) is 0 Å². The van der Waals surface area contributed by atoms with Gasteiger partial charge >= 0.3 is 0 Å². The van der Waals surface area contributed by atoms with Crippen LogP contribution in [-0.4, -0.2) is 64.9 Å². The number of hydrogen-bond donors (Lipinski definition) is 0. The molecule has 0 aliphatic carbocycles. The molecule has 0 atom stereocenters. The number of carbonyl (C=O) groups is 2. The van der Waals surface area contributed by atoms with Crippen LogP contribution >= 0.6 is 0 Å². The smallest absolute Gasteiger partial charge is 0.253 e. The van der Waals surface area contributed by atoms with E-state index in [1.807, 2.05) is 35.8 Å². The number of aryl methyl sites for hydroxylation is 2. The van der Waals surface area contributed by atoms with Gasteiger partial charge < -0.3 is 14.5 Å². The van der Waals surface area contributed by atoms with Gasteiger partial charge in [0.15, 0.2) is 0 Å². The molecule has 1 saturated heterocycles. The Morgan fingerprint density at radius 3 is 1.94 bits per heavy atom. The van der Waals surface area contributed by atoms with Crippen LogP contribution in [0.5, 0.6) is 5.75 Å². The summed E-state index contributed by atoms with van der Waals surface area (Å²) in [5.41, 5.74) is 4.48. The molecule has 31 heavy (non-hydrogen) atoms. The van der Waals surface area contributed by atoms with Gasteiger partial charge in [-0.05, 0) is 62.7 Å². The summed E-state index contributed by atoms with van der Waals surface area (Å²) in [4.78, 5) is 38.7. The zero-order chi connectivity index (χ0) is 22.0. The van der Waals surface area contributed by atoms with Crippen molar-refractivity contribution >= 4 is 22.8 Å². The third-order valence-electron chi connectivity index (χ3n) is 5.73. The average Bonchev–Trinajstić information content (AvgIpc) is 3.05. The number of ether oxygens (including phenoxy) is 1. The number of amides is 2. The lowest BCUT2D eigenvalue weighted by Gasteiger charge is -2.22. The van der Waals surface area contributed by atoms with Gasteiger partial charge in [-0.1, -0.05) is 0 Å². The molecule has 0 N–H and O–H groups in total. The molecular weight excluding hydrogens is 392 g/mol. The van der Waals surface area contributed by atoms with Gasteiger partial charge in [0, 0.05) is 37.3 Å². The molecule has 0 unspecified atom stereocenters. The fraction of sp³-hybridized carbons (Fsp3) is 0.333. The molecule has 1 fully saturated rings. The normalized spacial score (nSPS) is 14.4. The minimum Gasteiger partial charge on any atom is -0.497 e. The molecule has 7 nitrogen and oxygen atoms in total. The molecule has 2 aromatic carbocycles. The maximum Gasteiger partial charge on any atom is 0.253 e. The van der Waals surface area contributed by atoms with Gasteiger partial charge in [-0.3, -0.25) is 9.59 Å². The number of aromatic nitrogens is 2. The number of benzene rings is 2. The second-order valence-corrected chi connectivity index (χ2v) is 7.76. The van der Waals surface area contributed by atoms with Crippen molar-refractivity contribution in [3.8, 4) is 5.75 Å². The molecule has 0 spiro atoms. The van der Waals surface area contributed by atoms with Crippen LogP contribution in [0.2, 0.25) is 0 Å². The van der Waals surface area contributed by atoms with Crippen LogP contribution in [0.3, 0.4) is 0 Å². The van der Waals surface area contributed by atoms with Crippen molar-refractivity contribution in [2.75, 3.05) is 33.3 Å². The summed E-state index contributed by atoms with van der Waals surface area (Å²) in [5, 5.41) is 0. The molecule has 2 heterocycles. The summed E-state index contributed by atoms with van der Waals surface area (Å²) in [6.07, 6.45) is 0.735. The minimum atomic E-state index is -0.0410. The molecule has 1 aromatic heterocycles. The van der Waals surface area contributed by atoms with Gasteiger partial charge in [0.1, 0.15) is 5.75 Å². The van der Waals surface area contributed by atoms with E-state index in [0.717, 1.165) is 34.6 Å². The lowest BCUT2D eigenvalue weighted by molar-refractivity contribution is 0.0719. The van der Waals surface area contributed by atoms with Crippen LogP contribution in [0.25, 0.3) is 11.0 Å². The standard InChI is InChI=1S/C24H26N4O3/c1-16-17(2)26-22-15-19(7-10-21(22)25-16)24(30)28-12-4-11-27(13-14-28)23(29)18-5-8-20(31-3)9-6-18/h5-10,15H,4,11-14H2,1-3H3. The second-order valence-electron chi connectivity index (χ2n) is 7.76. The van der Waals surface area contributed by atoms with E-state index in [1.54, 1.807) is 37.4 Å². The fourth-order valence-electron chi connectivity index (χ4n) is 3.79. The first-order valence-electron chi connectivity index (χ1n) is 10.4. The number of hydrogen-bond acceptors (Lipinski definition) is 5. The maximum atomic E-state index is 13.1. The Bertz CT molecular complexity index is 1130. The van der Waals surface area contributed by atoms with Gasteiger partial charge in [0.2, 0.25) is 0 Å². The van der Waals surface area contributed by atoms with Crippen molar-refractivity contribution in [1.29, 1.82) is 0 Å². The highest BCUT2D eigenvalue weighted by Crippen LogP contribution is 2.18. The first-order chi connectivity index (χ1) is 15.0. The predicted octanol–water partition coefficient (Wildman–Crippen LogP) is 3.24. The quantitative estimate of drug-likeness (QED) is 0.653. The first kappa shape index (κ1) is 20.8. The van der Waals surface area contributed by atoms with Crippen molar-refractivity contribution in [3.05, 3.63) is 65.0 Å². The van der Waals surface area contributed by atoms with Crippen molar-refractivity contribution in [2.24, 2.45) is 0 Å². The van der Waals surface area contributed by atoms with Gasteiger partial charge in [0.05, 0.1) is 29.5 Å². The third kappa shape index (κ3) is 4.35. The molecule has 2 amide bonds. The Balaban J connectivity index is 1.46. The molecule has 160 valence electrons. The van der Waals surface area contributed by atoms with E-state index in [0.29, 0.717) is 37.3 Å². The zero-order valence-electron chi connectivity index (χ0n) is 18.1. The summed E-state index contributed by atoms with van der Waals surface area (Å²) in [7, 11) is 1.60. The molecule has 7 heteroatoms. The summed E-state index contributed by atoms with van der Waals surface area (Å²) in [6, 6.07) is 12.6. The summed E-state index contributed by atoms with van der Waals surface area (Å²) >= 11 is 0. The number of methoxy groups -OCH3 is 1. The summed E-state index contributed by atoms with van der Waals surface area (Å²) in [5.74, 6) is 0.652. The Hall–Kier alpha value is -3.48. The molecular formula is C24H26N4O3. The van der Waals surface area contributed by atoms with Crippen molar-refractivity contribution in [2.45, 2.75) is 20.3 Å². The molecule has 4 rings (SSSR count). The van der Waals surface area contributed by atoms with E-state index in [-0.39, 0.29) is 11.8 Å². The average molecular weight is 418 g/mol. The van der Waals surface area contributed by atoms with Crippen LogP contribution in [0.15, 0.2) is 42.5 Å². The Morgan fingerprint density at radius 2 is 1.32 bits per heavy atom. The number of nitrogens with zero attached hydrogens (tertiary/aromatic N) is 4. The van der Waals surface area contributed by atoms with Gasteiger partial charge in [-0.25, -0.2) is 9.97 Å². The van der Waals surface area contributed by atoms with Crippen LogP contribution in [-0.2, 0) is 0 Å². The Labute approximate surface area is 181 Å². The highest BCUT2D eigenvalue weighted by atomic mass is 16.5. The maximum absolute atomic E-state index is 13.1. The van der Waals surface area contributed by atoms with Crippen molar-refractivity contribution in [1.82, 2.24) is 19.8 Å². The Kier molecular flexibility index (Phi) is 5.84. The largest absolute Gasteiger partial charge is 0.497 e. The van der Waals surface area contributed by atoms with E-state index in [2.05, 4.69) is 9.97 Å². The first-order valence-corrected chi connectivity index (χ1v) is 10.4. The lowest BCUT2D eigenvalue weighted by atomic mass is 10.1. The second kappa shape index (κ2) is 8.71. The molecule has 3 aromatic rings. The van der Waals surface area contributed by atoms with E-state index in [1.165, 1.54) is 0 Å². The SMILES string of the molecule is COc1ccc(C(=O)N2CCCN(C(=O)c3ccc4nc(C)c(C)nc4c3)CC2)cc1. The topological polar surface area (TPSA) is 75.6 Å². The third-order valence-corrected chi connectivity index (χ3v) is 5.73. The van der Waals surface area contributed by atoms with Crippen LogP contribution in [0, 0.1) is 13.8 Å². The summed E-state index contributed by atoms with van der Waals surface area (Å²) < 4.78 is 5.16. The molecule has 1 aliphatic rings. The van der Waals surface area contributed by atoms with E-state index >= 15 is 0 Å².